The molecule has 0 radical (unpaired) electrons. The molecule has 1 N–H and O–H groups in total. The van der Waals surface area contributed by atoms with Crippen LogP contribution in [-0.2, 0) is 14.2 Å². The Morgan fingerprint density at radius 3 is 2.36 bits per heavy atom. The fourth-order valence-electron chi connectivity index (χ4n) is 4.87. The molecule has 2 aromatic heterocycles. The molecular weight excluding hydrogens is 416 g/mol. The summed E-state index contributed by atoms with van der Waals surface area (Å²) in [6.45, 7) is 5.92. The lowest BCUT2D eigenvalue weighted by molar-refractivity contribution is -0.194. The van der Waals surface area contributed by atoms with E-state index in [0.29, 0.717) is 0 Å². The number of rotatable bonds is 4. The first-order valence-electron chi connectivity index (χ1n) is 11.2. The number of hydrogen-bond acceptors (Lipinski definition) is 6. The van der Waals surface area contributed by atoms with Crippen LogP contribution in [0.3, 0.4) is 0 Å². The number of anilines is 2. The molecule has 2 aliphatic rings. The van der Waals surface area contributed by atoms with Crippen LogP contribution in [0.4, 0.5) is 11.5 Å². The normalized spacial score (nSPS) is 25.9. The summed E-state index contributed by atoms with van der Waals surface area (Å²) < 4.78 is 20.8. The molecule has 4 atom stereocenters. The molecule has 4 heterocycles. The van der Waals surface area contributed by atoms with Crippen LogP contribution in [0.15, 0.2) is 73.2 Å². The van der Waals surface area contributed by atoms with Gasteiger partial charge in [-0.25, -0.2) is 9.97 Å². The Hall–Kier alpha value is -3.26. The van der Waals surface area contributed by atoms with E-state index in [2.05, 4.69) is 38.2 Å². The first-order valence-corrected chi connectivity index (χ1v) is 11.2. The van der Waals surface area contributed by atoms with Crippen LogP contribution in [-0.4, -0.2) is 38.6 Å². The van der Waals surface area contributed by atoms with E-state index in [-0.39, 0.29) is 24.5 Å². The molecule has 168 valence electrons. The molecule has 0 saturated carbocycles. The number of aromatic nitrogens is 3. The summed E-state index contributed by atoms with van der Waals surface area (Å²) in [6, 6.07) is 20.3. The fraction of sp³-hybridized carbons (Fsp3) is 0.308. The van der Waals surface area contributed by atoms with E-state index in [0.717, 1.165) is 33.7 Å². The highest BCUT2D eigenvalue weighted by atomic mass is 16.8. The van der Waals surface area contributed by atoms with Crippen molar-refractivity contribution in [3.05, 3.63) is 73.2 Å². The summed E-state index contributed by atoms with van der Waals surface area (Å²) in [6.07, 6.45) is 2.87. The summed E-state index contributed by atoms with van der Waals surface area (Å²) in [5.41, 5.74) is 3.86. The van der Waals surface area contributed by atoms with Crippen LogP contribution >= 0.6 is 0 Å². The molecule has 2 saturated heterocycles. The van der Waals surface area contributed by atoms with E-state index in [9.17, 15) is 0 Å². The third-order valence-corrected chi connectivity index (χ3v) is 6.27. The van der Waals surface area contributed by atoms with Gasteiger partial charge in [0.1, 0.15) is 30.0 Å². The van der Waals surface area contributed by atoms with Crippen LogP contribution in [0.1, 0.15) is 27.0 Å². The molecular formula is C26H26N4O3. The zero-order valence-electron chi connectivity index (χ0n) is 18.8. The first kappa shape index (κ1) is 20.4. The van der Waals surface area contributed by atoms with Gasteiger partial charge in [-0.1, -0.05) is 48.5 Å². The predicted molar refractivity (Wildman–Crippen MR) is 126 cm³/mol. The second kappa shape index (κ2) is 7.66. The molecule has 0 unspecified atom stereocenters. The minimum atomic E-state index is -0.647. The SMILES string of the molecule is C[C@H]1O[C@@H](n2cc(-c3ccccc3)c3c(Nc4ccccc4)ncnc32)[C@@H]2OC(C)(C)O[C@@H]21. The van der Waals surface area contributed by atoms with Crippen molar-refractivity contribution >= 4 is 22.5 Å². The van der Waals surface area contributed by atoms with Crippen molar-refractivity contribution in [3.8, 4) is 11.1 Å². The third-order valence-electron chi connectivity index (χ3n) is 6.27. The maximum Gasteiger partial charge on any atom is 0.164 e. The second-order valence-corrected chi connectivity index (χ2v) is 9.02. The van der Waals surface area contributed by atoms with Gasteiger partial charge in [0.2, 0.25) is 0 Å². The van der Waals surface area contributed by atoms with E-state index in [4.69, 9.17) is 14.2 Å². The monoisotopic (exact) mass is 442 g/mol. The zero-order valence-corrected chi connectivity index (χ0v) is 18.8. The van der Waals surface area contributed by atoms with E-state index in [1.54, 1.807) is 6.33 Å². The Kier molecular flexibility index (Phi) is 4.72. The highest BCUT2D eigenvalue weighted by Crippen LogP contribution is 2.45. The molecule has 2 aliphatic heterocycles. The first-order chi connectivity index (χ1) is 16.0. The standard InChI is InChI=1S/C26H26N4O3/c1-16-21-22(33-26(2,3)32-21)25(31-16)30-14-19(17-10-6-4-7-11-17)20-23(27-15-28-24(20)30)29-18-12-8-5-9-13-18/h4-16,21-22,25H,1-3H3,(H,27,28,29)/t16-,21-,22-,25-/m1/s1. The summed E-state index contributed by atoms with van der Waals surface area (Å²) >= 11 is 0. The van der Waals surface area contributed by atoms with Gasteiger partial charge in [-0.2, -0.15) is 0 Å². The van der Waals surface area contributed by atoms with Crippen molar-refractivity contribution in [1.82, 2.24) is 14.5 Å². The summed E-state index contributed by atoms with van der Waals surface area (Å²) in [7, 11) is 0. The summed E-state index contributed by atoms with van der Waals surface area (Å²) in [4.78, 5) is 9.29. The number of fused-ring (bicyclic) bond motifs is 2. The van der Waals surface area contributed by atoms with Gasteiger partial charge in [0.15, 0.2) is 12.0 Å². The van der Waals surface area contributed by atoms with E-state index in [1.165, 1.54) is 0 Å². The minimum Gasteiger partial charge on any atom is -0.349 e. The molecule has 0 amide bonds. The quantitative estimate of drug-likeness (QED) is 0.464. The number of nitrogens with one attached hydrogen (secondary N) is 1. The van der Waals surface area contributed by atoms with Crippen LogP contribution in [0.2, 0.25) is 0 Å². The lowest BCUT2D eigenvalue weighted by atomic mass is 10.1. The lowest BCUT2D eigenvalue weighted by Gasteiger charge is -2.24. The molecule has 33 heavy (non-hydrogen) atoms. The van der Waals surface area contributed by atoms with Gasteiger partial charge in [0.25, 0.3) is 0 Å². The van der Waals surface area contributed by atoms with E-state index >= 15 is 0 Å². The average molecular weight is 443 g/mol. The number of benzene rings is 2. The Morgan fingerprint density at radius 2 is 1.61 bits per heavy atom. The topological polar surface area (TPSA) is 70.4 Å². The lowest BCUT2D eigenvalue weighted by Crippen LogP contribution is -2.27. The van der Waals surface area contributed by atoms with E-state index < -0.39 is 5.79 Å². The minimum absolute atomic E-state index is 0.0943. The third kappa shape index (κ3) is 3.49. The van der Waals surface area contributed by atoms with Crippen molar-refractivity contribution < 1.29 is 14.2 Å². The molecule has 7 nitrogen and oxygen atoms in total. The number of para-hydroxylation sites is 1. The van der Waals surface area contributed by atoms with Gasteiger partial charge in [-0.15, -0.1) is 0 Å². The van der Waals surface area contributed by atoms with Crippen molar-refractivity contribution in [1.29, 1.82) is 0 Å². The molecule has 2 fully saturated rings. The van der Waals surface area contributed by atoms with Crippen molar-refractivity contribution in [2.75, 3.05) is 5.32 Å². The predicted octanol–water partition coefficient (Wildman–Crippen LogP) is 5.28. The smallest absolute Gasteiger partial charge is 0.164 e. The maximum atomic E-state index is 6.36. The Labute approximate surface area is 192 Å². The highest BCUT2D eigenvalue weighted by molar-refractivity contribution is 6.02. The summed E-state index contributed by atoms with van der Waals surface area (Å²) in [5.74, 6) is 0.0987. The van der Waals surface area contributed by atoms with Gasteiger partial charge in [0.05, 0.1) is 11.5 Å². The largest absolute Gasteiger partial charge is 0.349 e. The van der Waals surface area contributed by atoms with Gasteiger partial charge in [0, 0.05) is 17.4 Å². The number of ether oxygens (including phenoxy) is 3. The van der Waals surface area contributed by atoms with Crippen molar-refractivity contribution in [2.45, 2.75) is 51.1 Å². The Balaban J connectivity index is 1.52. The van der Waals surface area contributed by atoms with Gasteiger partial charge in [-0.3, -0.25) is 0 Å². The van der Waals surface area contributed by atoms with Crippen LogP contribution < -0.4 is 5.32 Å². The maximum absolute atomic E-state index is 6.36. The molecule has 0 spiro atoms. The number of hydrogen-bond donors (Lipinski definition) is 1. The Bertz CT molecular complexity index is 1290. The molecule has 0 aliphatic carbocycles. The highest BCUT2D eigenvalue weighted by Gasteiger charge is 2.54. The summed E-state index contributed by atoms with van der Waals surface area (Å²) in [5, 5.41) is 4.40. The molecule has 7 heteroatoms. The van der Waals surface area contributed by atoms with Crippen LogP contribution in [0.5, 0.6) is 0 Å². The molecule has 0 bridgehead atoms. The van der Waals surface area contributed by atoms with Crippen LogP contribution in [0.25, 0.3) is 22.2 Å². The average Bonchev–Trinajstić information content (AvgIpc) is 3.45. The zero-order chi connectivity index (χ0) is 22.6. The van der Waals surface area contributed by atoms with Gasteiger partial charge in [-0.05, 0) is 38.5 Å². The molecule has 4 aromatic rings. The number of nitrogens with zero attached hydrogens (tertiary/aromatic N) is 3. The van der Waals surface area contributed by atoms with Crippen molar-refractivity contribution in [2.24, 2.45) is 0 Å². The van der Waals surface area contributed by atoms with Gasteiger partial charge < -0.3 is 24.1 Å². The van der Waals surface area contributed by atoms with Crippen molar-refractivity contribution in [3.63, 3.8) is 0 Å². The molecule has 2 aromatic carbocycles. The fourth-order valence-corrected chi connectivity index (χ4v) is 4.87. The van der Waals surface area contributed by atoms with Crippen LogP contribution in [0, 0.1) is 0 Å². The second-order valence-electron chi connectivity index (χ2n) is 9.02. The van der Waals surface area contributed by atoms with E-state index in [1.807, 2.05) is 69.3 Å². The van der Waals surface area contributed by atoms with Gasteiger partial charge >= 0.3 is 0 Å². The molecule has 6 rings (SSSR count). The Morgan fingerprint density at radius 1 is 0.909 bits per heavy atom.